The van der Waals surface area contributed by atoms with E-state index in [-0.39, 0.29) is 17.7 Å². The Morgan fingerprint density at radius 1 is 0.917 bits per heavy atom. The number of rotatable bonds is 7. The first-order chi connectivity index (χ1) is 17.2. The number of nitrogens with zero attached hydrogens (tertiary/aromatic N) is 4. The highest BCUT2D eigenvalue weighted by molar-refractivity contribution is 6.22. The molecular formula is C26H32F4N6. The van der Waals surface area contributed by atoms with Crippen molar-refractivity contribution in [3.8, 4) is 0 Å². The van der Waals surface area contributed by atoms with Gasteiger partial charge in [0.15, 0.2) is 0 Å². The van der Waals surface area contributed by atoms with Gasteiger partial charge in [-0.1, -0.05) is 24.3 Å². The molecule has 4 N–H and O–H groups in total. The van der Waals surface area contributed by atoms with Gasteiger partial charge in [0, 0.05) is 45.8 Å². The van der Waals surface area contributed by atoms with Crippen molar-refractivity contribution in [3.63, 3.8) is 0 Å². The Bertz CT molecular complexity index is 1080. The molecule has 2 saturated heterocycles. The van der Waals surface area contributed by atoms with Gasteiger partial charge in [0.25, 0.3) is 0 Å². The van der Waals surface area contributed by atoms with Crippen molar-refractivity contribution in [2.24, 2.45) is 16.5 Å². The van der Waals surface area contributed by atoms with Gasteiger partial charge in [-0.15, -0.1) is 0 Å². The van der Waals surface area contributed by atoms with Crippen molar-refractivity contribution >= 4 is 11.4 Å². The Kier molecular flexibility index (Phi) is 7.85. The third-order valence-electron chi connectivity index (χ3n) is 6.98. The predicted molar refractivity (Wildman–Crippen MR) is 133 cm³/mol. The number of benzene rings is 2. The van der Waals surface area contributed by atoms with Crippen LogP contribution in [0.3, 0.4) is 0 Å². The molecule has 0 spiro atoms. The molecule has 0 saturated carbocycles. The summed E-state index contributed by atoms with van der Waals surface area (Å²) in [5.74, 6) is 0.383. The lowest BCUT2D eigenvalue weighted by molar-refractivity contribution is -0.137. The van der Waals surface area contributed by atoms with Crippen molar-refractivity contribution in [1.82, 2.24) is 14.7 Å². The quantitative estimate of drug-likeness (QED) is 0.343. The van der Waals surface area contributed by atoms with Gasteiger partial charge in [-0.3, -0.25) is 9.89 Å². The van der Waals surface area contributed by atoms with Crippen molar-refractivity contribution in [2.75, 3.05) is 52.9 Å². The minimum atomic E-state index is -4.35. The van der Waals surface area contributed by atoms with Crippen LogP contribution in [0.1, 0.15) is 29.2 Å². The van der Waals surface area contributed by atoms with E-state index in [1.807, 2.05) is 4.90 Å². The van der Waals surface area contributed by atoms with Gasteiger partial charge in [-0.25, -0.2) is 4.39 Å². The minimum absolute atomic E-state index is 0.0150. The molecule has 2 aromatic rings. The lowest BCUT2D eigenvalue weighted by Crippen LogP contribution is -2.52. The molecule has 2 aromatic carbocycles. The van der Waals surface area contributed by atoms with Gasteiger partial charge in [0.1, 0.15) is 17.5 Å². The van der Waals surface area contributed by atoms with Gasteiger partial charge in [-0.05, 0) is 54.9 Å². The normalized spacial score (nSPS) is 19.6. The fraction of sp³-hybridized carbons (Fsp3) is 0.423. The summed E-state index contributed by atoms with van der Waals surface area (Å²) in [6.07, 6.45) is -3.21. The first kappa shape index (κ1) is 26.0. The predicted octanol–water partition coefficient (Wildman–Crippen LogP) is 3.52. The molecule has 36 heavy (non-hydrogen) atoms. The van der Waals surface area contributed by atoms with Crippen LogP contribution in [-0.2, 0) is 6.18 Å². The van der Waals surface area contributed by atoms with Gasteiger partial charge < -0.3 is 21.3 Å². The second-order valence-electron chi connectivity index (χ2n) is 9.19. The zero-order valence-corrected chi connectivity index (χ0v) is 20.3. The summed E-state index contributed by atoms with van der Waals surface area (Å²) < 4.78 is 52.7. The van der Waals surface area contributed by atoms with Crippen LogP contribution in [-0.4, -0.2) is 73.4 Å². The van der Waals surface area contributed by atoms with Crippen LogP contribution in [0.2, 0.25) is 0 Å². The monoisotopic (exact) mass is 504 g/mol. The Labute approximate surface area is 208 Å². The summed E-state index contributed by atoms with van der Waals surface area (Å²) in [6.45, 7) is 5.37. The smallest absolute Gasteiger partial charge is 0.385 e. The Hall–Kier alpha value is -3.11. The summed E-state index contributed by atoms with van der Waals surface area (Å²) in [5, 5.41) is 0. The number of piperazine rings is 1. The van der Waals surface area contributed by atoms with E-state index in [1.165, 1.54) is 12.1 Å². The molecule has 6 nitrogen and oxygen atoms in total. The number of aliphatic imine (C=N–C) groups is 1. The topological polar surface area (TPSA) is 74.1 Å². The number of alkyl halides is 3. The molecule has 2 heterocycles. The van der Waals surface area contributed by atoms with Crippen LogP contribution in [0, 0.1) is 5.82 Å². The molecule has 0 radical (unpaired) electrons. The molecule has 0 aromatic heterocycles. The van der Waals surface area contributed by atoms with Crippen molar-refractivity contribution in [3.05, 3.63) is 76.9 Å². The molecule has 0 bridgehead atoms. The van der Waals surface area contributed by atoms with Gasteiger partial charge in [0.05, 0.1) is 11.1 Å². The third-order valence-corrected chi connectivity index (χ3v) is 6.98. The van der Waals surface area contributed by atoms with Crippen molar-refractivity contribution in [1.29, 1.82) is 0 Å². The van der Waals surface area contributed by atoms with Crippen molar-refractivity contribution < 1.29 is 17.6 Å². The molecule has 2 aliphatic rings. The third kappa shape index (κ3) is 5.82. The molecule has 0 aliphatic carbocycles. The molecule has 2 aliphatic heterocycles. The second-order valence-corrected chi connectivity index (χ2v) is 9.19. The maximum Gasteiger partial charge on any atom is 0.416 e. The summed E-state index contributed by atoms with van der Waals surface area (Å²) in [6, 6.07) is 11.5. The first-order valence-electron chi connectivity index (χ1n) is 12.0. The van der Waals surface area contributed by atoms with Crippen LogP contribution in [0.15, 0.2) is 59.3 Å². The van der Waals surface area contributed by atoms with E-state index in [0.29, 0.717) is 43.1 Å². The molecule has 2 fully saturated rings. The van der Waals surface area contributed by atoms with Crippen molar-refractivity contribution in [2.45, 2.75) is 18.6 Å². The second kappa shape index (κ2) is 10.9. The highest BCUT2D eigenvalue weighted by atomic mass is 19.4. The largest absolute Gasteiger partial charge is 0.416 e. The van der Waals surface area contributed by atoms with Gasteiger partial charge >= 0.3 is 6.18 Å². The fourth-order valence-electron chi connectivity index (χ4n) is 4.72. The SMILES string of the molecule is CN=C(N)C(=C(N)N1CCN(C(CN2CCC2)c2ccc(C(F)(F)F)cc2)CC1)c1ccc(F)cc1. The Balaban J connectivity index is 1.53. The van der Waals surface area contributed by atoms with E-state index in [1.54, 1.807) is 31.3 Å². The van der Waals surface area contributed by atoms with Crippen LogP contribution in [0.4, 0.5) is 17.6 Å². The highest BCUT2D eigenvalue weighted by Crippen LogP contribution is 2.32. The average molecular weight is 505 g/mol. The van der Waals surface area contributed by atoms with Crippen LogP contribution in [0.5, 0.6) is 0 Å². The Morgan fingerprint density at radius 2 is 1.53 bits per heavy atom. The van der Waals surface area contributed by atoms with Crippen LogP contribution >= 0.6 is 0 Å². The standard InChI is InChI=1S/C26H32F4N6/c1-33-24(31)23(19-5-9-21(27)10-6-19)25(32)36-15-13-35(14-16-36)22(17-34-11-2-12-34)18-3-7-20(8-4-18)26(28,29)30/h3-10,22H,2,11-17,32H2,1H3,(H2,31,33). The van der Waals surface area contributed by atoms with Crippen LogP contribution < -0.4 is 11.5 Å². The van der Waals surface area contributed by atoms with E-state index in [2.05, 4.69) is 14.8 Å². The molecule has 0 amide bonds. The zero-order chi connectivity index (χ0) is 25.9. The van der Waals surface area contributed by atoms with E-state index in [9.17, 15) is 17.6 Å². The zero-order valence-electron chi connectivity index (χ0n) is 20.3. The number of halogens is 4. The lowest BCUT2D eigenvalue weighted by atomic mass is 10.00. The number of hydrogen-bond acceptors (Lipinski definition) is 5. The van der Waals surface area contributed by atoms with Gasteiger partial charge in [-0.2, -0.15) is 13.2 Å². The summed E-state index contributed by atoms with van der Waals surface area (Å²) in [7, 11) is 1.58. The lowest BCUT2D eigenvalue weighted by Gasteiger charge is -2.43. The summed E-state index contributed by atoms with van der Waals surface area (Å²) in [4.78, 5) is 10.8. The molecule has 194 valence electrons. The molecule has 1 atom stereocenters. The molecular weight excluding hydrogens is 472 g/mol. The van der Waals surface area contributed by atoms with E-state index in [0.717, 1.165) is 43.8 Å². The molecule has 1 unspecified atom stereocenters. The van der Waals surface area contributed by atoms with E-state index >= 15 is 0 Å². The summed E-state index contributed by atoms with van der Waals surface area (Å²) >= 11 is 0. The number of amidine groups is 1. The van der Waals surface area contributed by atoms with Gasteiger partial charge in [0.2, 0.25) is 0 Å². The average Bonchev–Trinajstić information content (AvgIpc) is 2.84. The number of hydrogen-bond donors (Lipinski definition) is 2. The summed E-state index contributed by atoms with van der Waals surface area (Å²) in [5.41, 5.74) is 14.2. The highest BCUT2D eigenvalue weighted by Gasteiger charge is 2.32. The minimum Gasteiger partial charge on any atom is -0.385 e. The number of likely N-dealkylation sites (tertiary alicyclic amines) is 1. The number of nitrogens with two attached hydrogens (primary N) is 2. The fourth-order valence-corrected chi connectivity index (χ4v) is 4.72. The maximum absolute atomic E-state index is 13.5. The molecule has 10 heteroatoms. The molecule has 4 rings (SSSR count). The Morgan fingerprint density at radius 3 is 2.03 bits per heavy atom. The first-order valence-corrected chi connectivity index (χ1v) is 12.0. The van der Waals surface area contributed by atoms with E-state index in [4.69, 9.17) is 11.5 Å². The van der Waals surface area contributed by atoms with Crippen LogP contribution in [0.25, 0.3) is 5.57 Å². The maximum atomic E-state index is 13.5. The van der Waals surface area contributed by atoms with E-state index < -0.39 is 11.7 Å².